The van der Waals surface area contributed by atoms with Gasteiger partial charge in [0, 0.05) is 42.2 Å². The number of para-hydroxylation sites is 1. The molecule has 0 radical (unpaired) electrons. The van der Waals surface area contributed by atoms with Crippen molar-refractivity contribution >= 4 is 11.6 Å². The van der Waals surface area contributed by atoms with Crippen LogP contribution in [0.25, 0.3) is 16.8 Å². The molecule has 30 heavy (non-hydrogen) atoms. The molecular formula is C23H26N4O3. The first-order valence-corrected chi connectivity index (χ1v) is 10.5. The molecule has 0 N–H and O–H groups in total. The van der Waals surface area contributed by atoms with Crippen molar-refractivity contribution in [2.24, 2.45) is 5.92 Å². The molecule has 7 heteroatoms. The number of aromatic nitrogens is 3. The second-order valence-corrected chi connectivity index (χ2v) is 8.13. The summed E-state index contributed by atoms with van der Waals surface area (Å²) in [7, 11) is 3.28. The predicted octanol–water partition coefficient (Wildman–Crippen LogP) is 3.53. The van der Waals surface area contributed by atoms with E-state index in [0.717, 1.165) is 61.4 Å². The first-order valence-electron chi connectivity index (χ1n) is 10.5. The van der Waals surface area contributed by atoms with Crippen LogP contribution in [0.1, 0.15) is 37.4 Å². The lowest BCUT2D eigenvalue weighted by molar-refractivity contribution is -0.133. The van der Waals surface area contributed by atoms with E-state index in [1.807, 2.05) is 45.9 Å². The summed E-state index contributed by atoms with van der Waals surface area (Å²) in [5.41, 5.74) is 2.72. The SMILES string of the molecule is COc1cccc(-c2ccc3nc(C4CCCN(C(=O)C5CC5)C4)nn3c2)c1OC. The average molecular weight is 406 g/mol. The fourth-order valence-corrected chi connectivity index (χ4v) is 4.32. The fraction of sp³-hybridized carbons (Fsp3) is 0.435. The van der Waals surface area contributed by atoms with Gasteiger partial charge in [-0.1, -0.05) is 12.1 Å². The number of carbonyl (C=O) groups excluding carboxylic acids is 1. The topological polar surface area (TPSA) is 69.0 Å². The van der Waals surface area contributed by atoms with Crippen LogP contribution < -0.4 is 9.47 Å². The van der Waals surface area contributed by atoms with Crippen molar-refractivity contribution in [3.63, 3.8) is 0 Å². The average Bonchev–Trinajstić information content (AvgIpc) is 3.56. The summed E-state index contributed by atoms with van der Waals surface area (Å²) in [6.45, 7) is 1.59. The van der Waals surface area contributed by atoms with Gasteiger partial charge in [0.05, 0.1) is 14.2 Å². The highest BCUT2D eigenvalue weighted by Crippen LogP contribution is 2.38. The highest BCUT2D eigenvalue weighted by molar-refractivity contribution is 5.81. The van der Waals surface area contributed by atoms with Gasteiger partial charge in [0.15, 0.2) is 23.0 Å². The monoisotopic (exact) mass is 406 g/mol. The van der Waals surface area contributed by atoms with E-state index in [9.17, 15) is 4.79 Å². The Morgan fingerprint density at radius 1 is 1.10 bits per heavy atom. The number of carbonyl (C=O) groups is 1. The van der Waals surface area contributed by atoms with Crippen LogP contribution in [0.3, 0.4) is 0 Å². The Morgan fingerprint density at radius 3 is 2.73 bits per heavy atom. The smallest absolute Gasteiger partial charge is 0.225 e. The van der Waals surface area contributed by atoms with Crippen molar-refractivity contribution in [2.45, 2.75) is 31.6 Å². The largest absolute Gasteiger partial charge is 0.493 e. The standard InChI is InChI=1S/C23H26N4O3/c1-29-19-7-3-6-18(21(19)30-2)16-10-11-20-24-22(25-27(20)14-16)17-5-4-12-26(13-17)23(28)15-8-9-15/h3,6-7,10-11,14-15,17H,4-5,8-9,12-13H2,1-2H3. The van der Waals surface area contributed by atoms with E-state index in [2.05, 4.69) is 0 Å². The normalized spacial score (nSPS) is 19.1. The molecule has 1 saturated heterocycles. The lowest BCUT2D eigenvalue weighted by atomic mass is 9.97. The Balaban J connectivity index is 1.44. The predicted molar refractivity (Wildman–Crippen MR) is 113 cm³/mol. The summed E-state index contributed by atoms with van der Waals surface area (Å²) in [4.78, 5) is 19.3. The van der Waals surface area contributed by atoms with Gasteiger partial charge in [-0.2, -0.15) is 5.10 Å². The van der Waals surface area contributed by atoms with Crippen molar-refractivity contribution in [3.05, 3.63) is 42.4 Å². The molecule has 2 aromatic heterocycles. The van der Waals surface area contributed by atoms with Crippen LogP contribution in [0.4, 0.5) is 0 Å². The number of piperidine rings is 1. The van der Waals surface area contributed by atoms with E-state index >= 15 is 0 Å². The van der Waals surface area contributed by atoms with E-state index in [1.54, 1.807) is 14.2 Å². The lowest BCUT2D eigenvalue weighted by Gasteiger charge is -2.31. The van der Waals surface area contributed by atoms with Crippen molar-refractivity contribution < 1.29 is 14.3 Å². The van der Waals surface area contributed by atoms with Gasteiger partial charge in [-0.25, -0.2) is 9.50 Å². The third-order valence-electron chi connectivity index (χ3n) is 6.09. The number of benzene rings is 1. The zero-order valence-corrected chi connectivity index (χ0v) is 17.4. The summed E-state index contributed by atoms with van der Waals surface area (Å²) < 4.78 is 12.8. The number of likely N-dealkylation sites (tertiary alicyclic amines) is 1. The molecule has 1 aromatic carbocycles. The highest BCUT2D eigenvalue weighted by atomic mass is 16.5. The Bertz CT molecular complexity index is 1090. The van der Waals surface area contributed by atoms with Gasteiger partial charge in [0.25, 0.3) is 0 Å². The second-order valence-electron chi connectivity index (χ2n) is 8.13. The van der Waals surface area contributed by atoms with Crippen molar-refractivity contribution in [1.82, 2.24) is 19.5 Å². The molecular weight excluding hydrogens is 380 g/mol. The minimum Gasteiger partial charge on any atom is -0.493 e. The van der Waals surface area contributed by atoms with E-state index in [1.165, 1.54) is 0 Å². The Labute approximate surface area is 175 Å². The number of pyridine rings is 1. The molecule has 7 nitrogen and oxygen atoms in total. The van der Waals surface area contributed by atoms with Gasteiger partial charge in [0.2, 0.25) is 5.91 Å². The second kappa shape index (κ2) is 7.63. The molecule has 1 atom stereocenters. The fourth-order valence-electron chi connectivity index (χ4n) is 4.32. The van der Waals surface area contributed by atoms with Crippen LogP contribution in [0.5, 0.6) is 11.5 Å². The zero-order chi connectivity index (χ0) is 20.7. The summed E-state index contributed by atoms with van der Waals surface area (Å²) in [6.07, 6.45) is 6.08. The first-order chi connectivity index (χ1) is 14.7. The molecule has 2 aliphatic rings. The Kier molecular flexibility index (Phi) is 4.81. The van der Waals surface area contributed by atoms with Crippen LogP contribution in [0.15, 0.2) is 36.5 Å². The molecule has 2 fully saturated rings. The first kappa shape index (κ1) is 18.9. The number of fused-ring (bicyclic) bond motifs is 1. The molecule has 1 aliphatic heterocycles. The van der Waals surface area contributed by atoms with Gasteiger partial charge >= 0.3 is 0 Å². The summed E-state index contributed by atoms with van der Waals surface area (Å²) >= 11 is 0. The molecule has 1 saturated carbocycles. The number of rotatable bonds is 5. The number of hydrogen-bond acceptors (Lipinski definition) is 5. The highest BCUT2D eigenvalue weighted by Gasteiger charge is 2.36. The molecule has 1 unspecified atom stereocenters. The van der Waals surface area contributed by atoms with E-state index in [0.29, 0.717) is 17.4 Å². The minimum absolute atomic E-state index is 0.191. The number of amides is 1. The number of hydrogen-bond donors (Lipinski definition) is 0. The third-order valence-corrected chi connectivity index (χ3v) is 6.09. The molecule has 1 amide bonds. The Hall–Kier alpha value is -3.09. The van der Waals surface area contributed by atoms with Crippen LogP contribution in [-0.4, -0.2) is 52.7 Å². The van der Waals surface area contributed by atoms with Crippen LogP contribution in [-0.2, 0) is 4.79 Å². The van der Waals surface area contributed by atoms with Gasteiger partial charge in [-0.05, 0) is 43.9 Å². The number of ether oxygens (including phenoxy) is 2. The molecule has 3 aromatic rings. The van der Waals surface area contributed by atoms with Crippen molar-refractivity contribution in [2.75, 3.05) is 27.3 Å². The zero-order valence-electron chi connectivity index (χ0n) is 17.4. The van der Waals surface area contributed by atoms with Crippen LogP contribution in [0, 0.1) is 5.92 Å². The van der Waals surface area contributed by atoms with Gasteiger partial charge < -0.3 is 14.4 Å². The maximum atomic E-state index is 12.5. The maximum Gasteiger partial charge on any atom is 0.225 e. The minimum atomic E-state index is 0.191. The van der Waals surface area contributed by atoms with Gasteiger partial charge in [-0.3, -0.25) is 4.79 Å². The summed E-state index contributed by atoms with van der Waals surface area (Å²) in [6, 6.07) is 9.83. The number of methoxy groups -OCH3 is 2. The van der Waals surface area contributed by atoms with Crippen molar-refractivity contribution in [3.8, 4) is 22.6 Å². The summed E-state index contributed by atoms with van der Waals surface area (Å²) in [5, 5.41) is 4.77. The molecule has 1 aliphatic carbocycles. The molecule has 0 spiro atoms. The van der Waals surface area contributed by atoms with Gasteiger partial charge in [0.1, 0.15) is 0 Å². The lowest BCUT2D eigenvalue weighted by Crippen LogP contribution is -2.40. The third kappa shape index (κ3) is 3.38. The van der Waals surface area contributed by atoms with E-state index < -0.39 is 0 Å². The molecule has 156 valence electrons. The van der Waals surface area contributed by atoms with E-state index in [4.69, 9.17) is 19.6 Å². The summed E-state index contributed by atoms with van der Waals surface area (Å²) in [5.74, 6) is 2.97. The van der Waals surface area contributed by atoms with Gasteiger partial charge in [-0.15, -0.1) is 0 Å². The maximum absolute atomic E-state index is 12.5. The van der Waals surface area contributed by atoms with Crippen LogP contribution >= 0.6 is 0 Å². The number of nitrogens with zero attached hydrogens (tertiary/aromatic N) is 4. The molecule has 0 bridgehead atoms. The van der Waals surface area contributed by atoms with E-state index in [-0.39, 0.29) is 11.8 Å². The Morgan fingerprint density at radius 2 is 1.97 bits per heavy atom. The quantitative estimate of drug-likeness (QED) is 0.648. The van der Waals surface area contributed by atoms with Crippen LogP contribution in [0.2, 0.25) is 0 Å². The van der Waals surface area contributed by atoms with Crippen molar-refractivity contribution in [1.29, 1.82) is 0 Å². The molecule has 5 rings (SSSR count). The molecule has 3 heterocycles.